The van der Waals surface area contributed by atoms with Gasteiger partial charge in [-0.1, -0.05) is 51.1 Å². The molecule has 0 atom stereocenters. The Bertz CT molecular complexity index is 1160. The number of hydrogen-bond acceptors (Lipinski definition) is 4. The van der Waals surface area contributed by atoms with Gasteiger partial charge in [0, 0.05) is 5.56 Å². The van der Waals surface area contributed by atoms with Gasteiger partial charge < -0.3 is 19.2 Å². The van der Waals surface area contributed by atoms with E-state index >= 15 is 0 Å². The molecule has 0 saturated heterocycles. The second kappa shape index (κ2) is 11.0. The lowest BCUT2D eigenvalue weighted by Crippen LogP contribution is -3.10. The number of aryl methyl sites for hydroxylation is 1. The predicted octanol–water partition coefficient (Wildman–Crippen LogP) is 4.84. The quantitative estimate of drug-likeness (QED) is 0.454. The van der Waals surface area contributed by atoms with Gasteiger partial charge in [0.05, 0.1) is 18.5 Å². The van der Waals surface area contributed by atoms with Crippen molar-refractivity contribution in [1.29, 1.82) is 0 Å². The Balaban J connectivity index is 2.14. The second-order valence-electron chi connectivity index (χ2n) is 8.43. The summed E-state index contributed by atoms with van der Waals surface area (Å²) in [4.78, 5) is 14.2. The minimum atomic E-state index is -4.99. The van der Waals surface area contributed by atoms with Gasteiger partial charge in [-0.2, -0.15) is 13.2 Å². The molecule has 2 aromatic carbocycles. The number of nitrogens with one attached hydrogen (secondary N) is 1. The Morgan fingerprint density at radius 1 is 0.971 bits per heavy atom. The van der Waals surface area contributed by atoms with Crippen molar-refractivity contribution in [1.82, 2.24) is 0 Å². The van der Waals surface area contributed by atoms with E-state index in [1.54, 1.807) is 12.1 Å². The van der Waals surface area contributed by atoms with Crippen molar-refractivity contribution in [2.45, 2.75) is 59.2 Å². The smallest absolute Gasteiger partial charge is 0.453 e. The topological polar surface area (TPSA) is 66.9 Å². The Morgan fingerprint density at radius 2 is 1.62 bits per heavy atom. The van der Waals surface area contributed by atoms with Gasteiger partial charge in [-0.3, -0.25) is 4.79 Å². The van der Waals surface area contributed by atoms with E-state index in [9.17, 15) is 23.1 Å². The summed E-state index contributed by atoms with van der Waals surface area (Å²) in [5.41, 5.74) is -0.192. The van der Waals surface area contributed by atoms with Crippen molar-refractivity contribution < 1.29 is 32.3 Å². The van der Waals surface area contributed by atoms with Gasteiger partial charge in [0.1, 0.15) is 17.9 Å². The van der Waals surface area contributed by atoms with Crippen LogP contribution in [0, 0.1) is 0 Å². The molecule has 5 nitrogen and oxygen atoms in total. The van der Waals surface area contributed by atoms with Crippen molar-refractivity contribution in [3.8, 4) is 17.2 Å². The van der Waals surface area contributed by atoms with Crippen LogP contribution in [0.5, 0.6) is 17.2 Å². The molecular formula is C26H30F3NO4. The molecule has 0 unspecified atom stereocenters. The summed E-state index contributed by atoms with van der Waals surface area (Å²) >= 11 is 0. The summed E-state index contributed by atoms with van der Waals surface area (Å²) in [6, 6.07) is 8.96. The standard InChI is InChI=1S/C26H30F3NO4/c1-4-7-17-8-10-18(11-9-17)33-24-22(32)19-12-13-21(31)20(16-30(14-5-2)15-6-3)23(19)34-25(24)26(27,28)29/h8-13,31H,4-7,14-16H2,1-3H3. The van der Waals surface area contributed by atoms with E-state index in [-0.39, 0.29) is 28.8 Å². The third-order valence-electron chi connectivity index (χ3n) is 5.65. The van der Waals surface area contributed by atoms with Gasteiger partial charge >= 0.3 is 6.18 Å². The highest BCUT2D eigenvalue weighted by Crippen LogP contribution is 2.39. The highest BCUT2D eigenvalue weighted by atomic mass is 19.4. The maximum absolute atomic E-state index is 14.0. The first-order chi connectivity index (χ1) is 16.2. The second-order valence-corrected chi connectivity index (χ2v) is 8.43. The number of rotatable bonds is 10. The molecule has 184 valence electrons. The summed E-state index contributed by atoms with van der Waals surface area (Å²) in [6.45, 7) is 7.68. The fourth-order valence-corrected chi connectivity index (χ4v) is 4.12. The first kappa shape index (κ1) is 25.6. The third kappa shape index (κ3) is 5.73. The molecule has 1 heterocycles. The Morgan fingerprint density at radius 3 is 2.18 bits per heavy atom. The number of hydrogen-bond donors (Lipinski definition) is 1. The van der Waals surface area contributed by atoms with Gasteiger partial charge in [-0.05, 0) is 43.0 Å². The summed E-state index contributed by atoms with van der Waals surface area (Å²) < 4.78 is 52.6. The lowest BCUT2D eigenvalue weighted by atomic mass is 10.1. The summed E-state index contributed by atoms with van der Waals surface area (Å²) in [6.07, 6.45) is -1.55. The van der Waals surface area contributed by atoms with Gasteiger partial charge in [-0.15, -0.1) is 0 Å². The van der Waals surface area contributed by atoms with E-state index in [1.807, 2.05) is 20.8 Å². The molecule has 1 N–H and O–H groups in total. The van der Waals surface area contributed by atoms with Crippen LogP contribution in [0.2, 0.25) is 0 Å². The normalized spacial score (nSPS) is 12.0. The van der Waals surface area contributed by atoms with Crippen LogP contribution in [0.4, 0.5) is 13.2 Å². The largest absolute Gasteiger partial charge is 0.872 e. The molecule has 0 saturated carbocycles. The van der Waals surface area contributed by atoms with Crippen LogP contribution < -0.4 is 20.2 Å². The van der Waals surface area contributed by atoms with Crippen molar-refractivity contribution in [3.63, 3.8) is 0 Å². The van der Waals surface area contributed by atoms with Crippen LogP contribution in [0.25, 0.3) is 11.0 Å². The molecule has 0 aliphatic heterocycles. The number of alkyl halides is 3. The van der Waals surface area contributed by atoms with Gasteiger partial charge in [0.25, 0.3) is 5.76 Å². The maximum Gasteiger partial charge on any atom is 0.453 e. The number of ether oxygens (including phenoxy) is 1. The van der Waals surface area contributed by atoms with E-state index in [1.165, 1.54) is 24.3 Å². The van der Waals surface area contributed by atoms with Gasteiger partial charge in [0.2, 0.25) is 11.2 Å². The van der Waals surface area contributed by atoms with Crippen LogP contribution in [0.3, 0.4) is 0 Å². The van der Waals surface area contributed by atoms with Crippen LogP contribution >= 0.6 is 0 Å². The Hall–Kier alpha value is -3.00. The van der Waals surface area contributed by atoms with Crippen LogP contribution in [0.15, 0.2) is 45.6 Å². The SMILES string of the molecule is CCCc1ccc(Oc2c(C(F)(F)F)oc3c(C[NH+](CCC)CCC)c([O-])ccc3c2=O)cc1. The monoisotopic (exact) mass is 477 g/mol. The number of fused-ring (bicyclic) bond motifs is 1. The highest BCUT2D eigenvalue weighted by molar-refractivity contribution is 5.83. The summed E-state index contributed by atoms with van der Waals surface area (Å²) in [7, 11) is 0. The van der Waals surface area contributed by atoms with E-state index in [0.717, 1.165) is 49.2 Å². The zero-order chi connectivity index (χ0) is 24.9. The summed E-state index contributed by atoms with van der Waals surface area (Å²) in [5, 5.41) is 12.5. The molecule has 34 heavy (non-hydrogen) atoms. The highest BCUT2D eigenvalue weighted by Gasteiger charge is 2.41. The van der Waals surface area contributed by atoms with Crippen molar-refractivity contribution in [3.05, 3.63) is 63.5 Å². The average Bonchev–Trinajstić information content (AvgIpc) is 2.78. The zero-order valence-corrected chi connectivity index (χ0v) is 19.7. The van der Waals surface area contributed by atoms with Crippen LogP contribution in [-0.4, -0.2) is 13.1 Å². The van der Waals surface area contributed by atoms with E-state index < -0.39 is 28.9 Å². The van der Waals surface area contributed by atoms with E-state index in [0.29, 0.717) is 0 Å². The van der Waals surface area contributed by atoms with Crippen LogP contribution in [-0.2, 0) is 19.1 Å². The molecule has 0 fully saturated rings. The molecule has 0 aliphatic carbocycles. The maximum atomic E-state index is 14.0. The molecule has 0 amide bonds. The summed E-state index contributed by atoms with van der Waals surface area (Å²) in [5.74, 6) is -2.82. The Labute approximate surface area is 196 Å². The van der Waals surface area contributed by atoms with E-state index in [2.05, 4.69) is 0 Å². The van der Waals surface area contributed by atoms with Crippen LogP contribution in [0.1, 0.15) is 56.9 Å². The minimum Gasteiger partial charge on any atom is -0.872 e. The minimum absolute atomic E-state index is 0.0764. The van der Waals surface area contributed by atoms with Crippen molar-refractivity contribution >= 4 is 11.0 Å². The molecule has 1 aromatic heterocycles. The molecule has 0 radical (unpaired) electrons. The Kier molecular flexibility index (Phi) is 8.25. The fourth-order valence-electron chi connectivity index (χ4n) is 4.12. The fraction of sp³-hybridized carbons (Fsp3) is 0.423. The van der Waals surface area contributed by atoms with Gasteiger partial charge in [-0.25, -0.2) is 0 Å². The first-order valence-electron chi connectivity index (χ1n) is 11.7. The first-order valence-corrected chi connectivity index (χ1v) is 11.7. The molecular weight excluding hydrogens is 447 g/mol. The molecule has 0 aliphatic rings. The number of halogens is 3. The lowest BCUT2D eigenvalue weighted by molar-refractivity contribution is -0.914. The molecule has 8 heteroatoms. The number of benzene rings is 2. The molecule has 3 aromatic rings. The van der Waals surface area contributed by atoms with Crippen molar-refractivity contribution in [2.75, 3.05) is 13.1 Å². The number of quaternary nitrogens is 1. The molecule has 3 rings (SSSR count). The third-order valence-corrected chi connectivity index (χ3v) is 5.65. The molecule has 0 spiro atoms. The predicted molar refractivity (Wildman–Crippen MR) is 122 cm³/mol. The zero-order valence-electron chi connectivity index (χ0n) is 19.7. The van der Waals surface area contributed by atoms with Crippen molar-refractivity contribution in [2.24, 2.45) is 0 Å². The van der Waals surface area contributed by atoms with Gasteiger partial charge in [0.15, 0.2) is 0 Å². The molecule has 0 bridgehead atoms. The lowest BCUT2D eigenvalue weighted by Gasteiger charge is -2.23. The average molecular weight is 478 g/mol. The van der Waals surface area contributed by atoms with E-state index in [4.69, 9.17) is 9.15 Å².